The molecule has 0 bridgehead atoms. The highest BCUT2D eigenvalue weighted by atomic mass is 79.9. The van der Waals surface area contributed by atoms with E-state index in [-0.39, 0.29) is 10.6 Å². The van der Waals surface area contributed by atoms with Crippen molar-refractivity contribution in [3.05, 3.63) is 60.4 Å². The molecule has 1 heterocycles. The van der Waals surface area contributed by atoms with Gasteiger partial charge in [0, 0.05) is 18.2 Å². The highest BCUT2D eigenvalue weighted by Crippen LogP contribution is 2.26. The summed E-state index contributed by atoms with van der Waals surface area (Å²) in [6, 6.07) is 6.96. The van der Waals surface area contributed by atoms with E-state index in [9.17, 15) is 10.1 Å². The molecular weight excluding hydrogens is 392 g/mol. The lowest BCUT2D eigenvalue weighted by molar-refractivity contribution is -0.385. The summed E-state index contributed by atoms with van der Waals surface area (Å²) in [6.45, 7) is 2.85. The molecule has 0 saturated heterocycles. The molecule has 0 spiro atoms. The number of nitrogens with one attached hydrogen (secondary N) is 1. The van der Waals surface area contributed by atoms with Crippen molar-refractivity contribution in [3.8, 4) is 0 Å². The van der Waals surface area contributed by atoms with Crippen molar-refractivity contribution in [3.63, 3.8) is 0 Å². The molecule has 20 heavy (non-hydrogen) atoms. The van der Waals surface area contributed by atoms with E-state index < -0.39 is 0 Å². The van der Waals surface area contributed by atoms with E-state index in [1.807, 2.05) is 12.1 Å². The fourth-order valence-electron chi connectivity index (χ4n) is 1.86. The molecule has 0 aliphatic heterocycles. The van der Waals surface area contributed by atoms with Gasteiger partial charge in [0.1, 0.15) is 5.76 Å². The number of nitrogens with zero attached hydrogens (tertiary/aromatic N) is 1. The van der Waals surface area contributed by atoms with Crippen LogP contribution in [0.25, 0.3) is 0 Å². The summed E-state index contributed by atoms with van der Waals surface area (Å²) >= 11 is 6.62. The maximum atomic E-state index is 10.9. The van der Waals surface area contributed by atoms with Crippen LogP contribution in [0.15, 0.2) is 37.8 Å². The minimum absolute atomic E-state index is 0.146. The third-order valence-electron chi connectivity index (χ3n) is 2.92. The fourth-order valence-corrected chi connectivity index (χ4v) is 2.52. The van der Waals surface area contributed by atoms with Crippen LogP contribution in [0.4, 0.5) is 5.69 Å². The summed E-state index contributed by atoms with van der Waals surface area (Å²) in [6.07, 6.45) is 0. The first kappa shape index (κ1) is 15.2. The Morgan fingerprint density at radius 1 is 1.35 bits per heavy atom. The van der Waals surface area contributed by atoms with E-state index in [0.29, 0.717) is 23.3 Å². The number of rotatable bonds is 5. The average molecular weight is 404 g/mol. The Bertz CT molecular complexity index is 621. The minimum atomic E-state index is -0.362. The minimum Gasteiger partial charge on any atom is -0.452 e. The highest BCUT2D eigenvalue weighted by Gasteiger charge is 2.13. The first-order valence-electron chi connectivity index (χ1n) is 5.86. The average Bonchev–Trinajstić information content (AvgIpc) is 2.70. The standard InChI is InChI=1S/C13H12Br2N2O3/c1-8-9(3-2-4-12(8)17(18)19)6-16-7-10-5-11(14)13(15)20-10/h2-5,16H,6-7H2,1H3. The van der Waals surface area contributed by atoms with E-state index in [1.54, 1.807) is 13.0 Å². The molecule has 0 aliphatic rings. The summed E-state index contributed by atoms with van der Waals surface area (Å²) in [4.78, 5) is 10.5. The maximum absolute atomic E-state index is 10.9. The van der Waals surface area contributed by atoms with Crippen LogP contribution in [0.1, 0.15) is 16.9 Å². The molecule has 0 saturated carbocycles. The normalized spacial score (nSPS) is 10.8. The lowest BCUT2D eigenvalue weighted by atomic mass is 10.1. The number of nitro groups is 1. The third-order valence-corrected chi connectivity index (χ3v) is 4.64. The summed E-state index contributed by atoms with van der Waals surface area (Å²) in [5.74, 6) is 0.784. The van der Waals surface area contributed by atoms with Crippen molar-refractivity contribution in [2.45, 2.75) is 20.0 Å². The smallest absolute Gasteiger partial charge is 0.272 e. The van der Waals surface area contributed by atoms with Gasteiger partial charge in [0.15, 0.2) is 4.67 Å². The van der Waals surface area contributed by atoms with Gasteiger partial charge in [-0.2, -0.15) is 0 Å². The van der Waals surface area contributed by atoms with Crippen molar-refractivity contribution < 1.29 is 9.34 Å². The number of halogens is 2. The van der Waals surface area contributed by atoms with Crippen molar-refractivity contribution >= 4 is 37.5 Å². The van der Waals surface area contributed by atoms with Gasteiger partial charge < -0.3 is 9.73 Å². The highest BCUT2D eigenvalue weighted by molar-refractivity contribution is 9.13. The predicted octanol–water partition coefficient (Wildman–Crippen LogP) is 4.31. The number of hydrogen-bond donors (Lipinski definition) is 1. The van der Waals surface area contributed by atoms with Crippen molar-refractivity contribution in [1.82, 2.24) is 5.32 Å². The molecule has 2 rings (SSSR count). The first-order valence-corrected chi connectivity index (χ1v) is 7.45. The molecule has 0 radical (unpaired) electrons. The topological polar surface area (TPSA) is 68.3 Å². The SMILES string of the molecule is Cc1c(CNCc2cc(Br)c(Br)o2)cccc1[N+](=O)[O-]. The molecule has 0 aliphatic carbocycles. The Labute approximate surface area is 132 Å². The molecule has 1 N–H and O–H groups in total. The molecule has 0 amide bonds. The number of hydrogen-bond acceptors (Lipinski definition) is 4. The van der Waals surface area contributed by atoms with Gasteiger partial charge >= 0.3 is 0 Å². The largest absolute Gasteiger partial charge is 0.452 e. The second-order valence-corrected chi connectivity index (χ2v) is 5.83. The molecule has 5 nitrogen and oxygen atoms in total. The van der Waals surface area contributed by atoms with Gasteiger partial charge in [0.25, 0.3) is 5.69 Å². The van der Waals surface area contributed by atoms with Gasteiger partial charge in [0.2, 0.25) is 0 Å². The number of nitro benzene ring substituents is 1. The molecule has 1 aromatic carbocycles. The van der Waals surface area contributed by atoms with Crippen LogP contribution in [0.5, 0.6) is 0 Å². The third kappa shape index (κ3) is 3.47. The van der Waals surface area contributed by atoms with Crippen LogP contribution in [-0.2, 0) is 13.1 Å². The zero-order valence-electron chi connectivity index (χ0n) is 10.7. The monoisotopic (exact) mass is 402 g/mol. The molecular formula is C13H12Br2N2O3. The quantitative estimate of drug-likeness (QED) is 0.596. The van der Waals surface area contributed by atoms with Crippen LogP contribution >= 0.6 is 31.9 Å². The van der Waals surface area contributed by atoms with Crippen LogP contribution in [0.2, 0.25) is 0 Å². The van der Waals surface area contributed by atoms with E-state index in [4.69, 9.17) is 4.42 Å². The van der Waals surface area contributed by atoms with Crippen LogP contribution < -0.4 is 5.32 Å². The summed E-state index contributed by atoms with van der Waals surface area (Å²) < 4.78 is 6.96. The second-order valence-electron chi connectivity index (χ2n) is 4.26. The zero-order valence-corrected chi connectivity index (χ0v) is 13.8. The molecule has 106 valence electrons. The van der Waals surface area contributed by atoms with E-state index in [2.05, 4.69) is 37.2 Å². The fraction of sp³-hybridized carbons (Fsp3) is 0.231. The molecule has 7 heteroatoms. The lowest BCUT2D eigenvalue weighted by Crippen LogP contribution is -2.13. The summed E-state index contributed by atoms with van der Waals surface area (Å²) in [7, 11) is 0. The Morgan fingerprint density at radius 2 is 2.10 bits per heavy atom. The van der Waals surface area contributed by atoms with Crippen LogP contribution in [-0.4, -0.2) is 4.92 Å². The van der Waals surface area contributed by atoms with Crippen molar-refractivity contribution in [2.24, 2.45) is 0 Å². The van der Waals surface area contributed by atoms with Gasteiger partial charge in [-0.05, 0) is 50.4 Å². The Morgan fingerprint density at radius 3 is 2.70 bits per heavy atom. The van der Waals surface area contributed by atoms with Gasteiger partial charge in [-0.1, -0.05) is 12.1 Å². The van der Waals surface area contributed by atoms with Gasteiger partial charge in [-0.3, -0.25) is 10.1 Å². The van der Waals surface area contributed by atoms with Crippen LogP contribution in [0, 0.1) is 17.0 Å². The maximum Gasteiger partial charge on any atom is 0.272 e. The lowest BCUT2D eigenvalue weighted by Gasteiger charge is -2.07. The van der Waals surface area contributed by atoms with Crippen molar-refractivity contribution in [2.75, 3.05) is 0 Å². The van der Waals surface area contributed by atoms with Gasteiger partial charge in [-0.15, -0.1) is 0 Å². The molecule has 0 fully saturated rings. The van der Waals surface area contributed by atoms with E-state index >= 15 is 0 Å². The van der Waals surface area contributed by atoms with Crippen LogP contribution in [0.3, 0.4) is 0 Å². The number of furan rings is 1. The van der Waals surface area contributed by atoms with E-state index in [0.717, 1.165) is 15.8 Å². The Balaban J connectivity index is 2.01. The Kier molecular flexibility index (Phi) is 4.95. The Hall–Kier alpha value is -1.18. The number of benzene rings is 1. The van der Waals surface area contributed by atoms with Gasteiger partial charge in [0.05, 0.1) is 15.9 Å². The zero-order chi connectivity index (χ0) is 14.7. The van der Waals surface area contributed by atoms with Crippen molar-refractivity contribution in [1.29, 1.82) is 0 Å². The summed E-state index contributed by atoms with van der Waals surface area (Å²) in [5, 5.41) is 14.1. The molecule has 1 aromatic heterocycles. The van der Waals surface area contributed by atoms with Gasteiger partial charge in [-0.25, -0.2) is 0 Å². The molecule has 0 unspecified atom stereocenters. The summed E-state index contributed by atoms with van der Waals surface area (Å²) in [5.41, 5.74) is 1.74. The molecule has 2 aromatic rings. The molecule has 0 atom stereocenters. The second kappa shape index (κ2) is 6.51. The first-order chi connectivity index (χ1) is 9.49. The van der Waals surface area contributed by atoms with E-state index in [1.165, 1.54) is 6.07 Å². The predicted molar refractivity (Wildman–Crippen MR) is 82.5 cm³/mol.